The molecule has 1 N–H and O–H groups in total. The van der Waals surface area contributed by atoms with Crippen molar-refractivity contribution < 1.29 is 19.4 Å². The van der Waals surface area contributed by atoms with Crippen LogP contribution in [0.15, 0.2) is 42.5 Å². The lowest BCUT2D eigenvalue weighted by Crippen LogP contribution is -2.29. The summed E-state index contributed by atoms with van der Waals surface area (Å²) in [6.45, 7) is 13.2. The van der Waals surface area contributed by atoms with Gasteiger partial charge in [-0.3, -0.25) is 4.79 Å². The fraction of sp³-hybridized carbons (Fsp3) is 0.531. The summed E-state index contributed by atoms with van der Waals surface area (Å²) >= 11 is 0. The van der Waals surface area contributed by atoms with Crippen molar-refractivity contribution in [2.75, 3.05) is 6.61 Å². The number of ether oxygens (including phenoxy) is 2. The number of carbonyl (C=O) groups is 1. The first-order valence-corrected chi connectivity index (χ1v) is 13.7. The molecule has 1 heterocycles. The molecule has 0 spiro atoms. The highest BCUT2D eigenvalue weighted by molar-refractivity contribution is 5.70. The van der Waals surface area contributed by atoms with Gasteiger partial charge in [0.25, 0.3) is 0 Å². The van der Waals surface area contributed by atoms with E-state index in [2.05, 4.69) is 70.2 Å². The van der Waals surface area contributed by atoms with E-state index in [9.17, 15) is 9.90 Å². The van der Waals surface area contributed by atoms with E-state index in [1.165, 1.54) is 16.7 Å². The van der Waals surface area contributed by atoms with Gasteiger partial charge in [0.1, 0.15) is 18.5 Å². The summed E-state index contributed by atoms with van der Waals surface area (Å²) in [7, 11) is 0. The quantitative estimate of drug-likeness (QED) is 0.331. The topological polar surface area (TPSA) is 55.8 Å². The predicted molar refractivity (Wildman–Crippen MR) is 148 cm³/mol. The SMILES string of the molecule is CCC(O)(C=Cc1ccc(C(CC)(CC)c2ccc(OC[C@H]3CCCC(=O)O3)c(C)c2)cc1C)CC. The van der Waals surface area contributed by atoms with Gasteiger partial charge >= 0.3 is 5.97 Å². The van der Waals surface area contributed by atoms with Crippen molar-refractivity contribution in [3.8, 4) is 5.75 Å². The van der Waals surface area contributed by atoms with E-state index < -0.39 is 5.60 Å². The van der Waals surface area contributed by atoms with Gasteiger partial charge in [0.2, 0.25) is 0 Å². The lowest BCUT2D eigenvalue weighted by molar-refractivity contribution is -0.155. The van der Waals surface area contributed by atoms with Gasteiger partial charge in [0.15, 0.2) is 0 Å². The maximum absolute atomic E-state index is 11.6. The van der Waals surface area contributed by atoms with Gasteiger partial charge in [-0.2, -0.15) is 0 Å². The Morgan fingerprint density at radius 1 is 0.972 bits per heavy atom. The molecule has 0 radical (unpaired) electrons. The van der Waals surface area contributed by atoms with Crippen molar-refractivity contribution in [2.45, 2.75) is 104 Å². The van der Waals surface area contributed by atoms with E-state index in [4.69, 9.17) is 9.47 Å². The summed E-state index contributed by atoms with van der Waals surface area (Å²) in [5.41, 5.74) is 5.20. The Balaban J connectivity index is 1.84. The molecule has 2 aromatic rings. The van der Waals surface area contributed by atoms with Crippen LogP contribution in [0.5, 0.6) is 5.75 Å². The van der Waals surface area contributed by atoms with Gasteiger partial charge in [-0.25, -0.2) is 0 Å². The second kappa shape index (κ2) is 12.1. The predicted octanol–water partition coefficient (Wildman–Crippen LogP) is 7.45. The van der Waals surface area contributed by atoms with Crippen LogP contribution in [0.3, 0.4) is 0 Å². The normalized spacial score (nSPS) is 16.9. The Morgan fingerprint density at radius 3 is 2.17 bits per heavy atom. The van der Waals surface area contributed by atoms with Crippen molar-refractivity contribution in [2.24, 2.45) is 0 Å². The molecule has 0 saturated carbocycles. The average Bonchev–Trinajstić information content (AvgIpc) is 2.88. The van der Waals surface area contributed by atoms with E-state index >= 15 is 0 Å². The number of benzene rings is 2. The van der Waals surface area contributed by atoms with Crippen LogP contribution in [0, 0.1) is 13.8 Å². The van der Waals surface area contributed by atoms with Crippen molar-refractivity contribution in [1.82, 2.24) is 0 Å². The third-order valence-electron chi connectivity index (χ3n) is 8.18. The van der Waals surface area contributed by atoms with Crippen LogP contribution in [0.25, 0.3) is 6.08 Å². The highest BCUT2D eigenvalue weighted by Gasteiger charge is 2.31. The number of aliphatic hydroxyl groups is 1. The smallest absolute Gasteiger partial charge is 0.306 e. The number of aryl methyl sites for hydroxylation is 2. The second-order valence-corrected chi connectivity index (χ2v) is 10.3. The Kier molecular flexibility index (Phi) is 9.41. The maximum Gasteiger partial charge on any atom is 0.306 e. The summed E-state index contributed by atoms with van der Waals surface area (Å²) < 4.78 is 11.5. The average molecular weight is 493 g/mol. The molecule has 1 aliphatic heterocycles. The molecule has 0 aromatic heterocycles. The van der Waals surface area contributed by atoms with Gasteiger partial charge in [0.05, 0.1) is 5.60 Å². The minimum atomic E-state index is -0.748. The van der Waals surface area contributed by atoms with E-state index in [-0.39, 0.29) is 17.5 Å². The molecule has 0 aliphatic carbocycles. The van der Waals surface area contributed by atoms with Crippen molar-refractivity contribution in [1.29, 1.82) is 0 Å². The molecule has 0 amide bonds. The number of esters is 1. The Labute approximate surface area is 217 Å². The van der Waals surface area contributed by atoms with Gasteiger partial charge < -0.3 is 14.6 Å². The van der Waals surface area contributed by atoms with E-state index in [0.717, 1.165) is 42.6 Å². The number of hydrogen-bond donors (Lipinski definition) is 1. The van der Waals surface area contributed by atoms with E-state index in [1.54, 1.807) is 0 Å². The zero-order valence-electron chi connectivity index (χ0n) is 23.0. The van der Waals surface area contributed by atoms with Gasteiger partial charge in [-0.15, -0.1) is 0 Å². The molecule has 0 bridgehead atoms. The van der Waals surface area contributed by atoms with Crippen LogP contribution in [0.1, 0.15) is 100 Å². The summed E-state index contributed by atoms with van der Waals surface area (Å²) in [6.07, 6.45) is 9.47. The van der Waals surface area contributed by atoms with Crippen LogP contribution in [-0.2, 0) is 14.9 Å². The highest BCUT2D eigenvalue weighted by Crippen LogP contribution is 2.41. The Morgan fingerprint density at radius 2 is 1.61 bits per heavy atom. The summed E-state index contributed by atoms with van der Waals surface area (Å²) in [4.78, 5) is 11.6. The minimum Gasteiger partial charge on any atom is -0.489 e. The van der Waals surface area contributed by atoms with Gasteiger partial charge in [0, 0.05) is 11.8 Å². The molecule has 196 valence electrons. The third-order valence-corrected chi connectivity index (χ3v) is 8.18. The zero-order chi connectivity index (χ0) is 26.3. The largest absolute Gasteiger partial charge is 0.489 e. The fourth-order valence-corrected chi connectivity index (χ4v) is 5.31. The molecule has 1 saturated heterocycles. The summed E-state index contributed by atoms with van der Waals surface area (Å²) in [5, 5.41) is 10.6. The molecule has 3 rings (SSSR count). The molecule has 1 aliphatic rings. The summed E-state index contributed by atoms with van der Waals surface area (Å²) in [5.74, 6) is 0.721. The zero-order valence-corrected chi connectivity index (χ0v) is 23.0. The van der Waals surface area contributed by atoms with Crippen molar-refractivity contribution >= 4 is 12.0 Å². The first-order valence-electron chi connectivity index (χ1n) is 13.7. The first kappa shape index (κ1) is 28.0. The first-order chi connectivity index (χ1) is 17.2. The molecule has 1 fully saturated rings. The van der Waals surface area contributed by atoms with Crippen LogP contribution < -0.4 is 4.74 Å². The number of hydrogen-bond acceptors (Lipinski definition) is 4. The van der Waals surface area contributed by atoms with Crippen LogP contribution in [0.4, 0.5) is 0 Å². The van der Waals surface area contributed by atoms with Crippen molar-refractivity contribution in [3.63, 3.8) is 0 Å². The number of cyclic esters (lactones) is 1. The van der Waals surface area contributed by atoms with Crippen LogP contribution in [-0.4, -0.2) is 29.4 Å². The minimum absolute atomic E-state index is 0.0945. The highest BCUT2D eigenvalue weighted by atomic mass is 16.6. The molecule has 0 unspecified atom stereocenters. The molecule has 4 heteroatoms. The number of rotatable bonds is 11. The lowest BCUT2D eigenvalue weighted by Gasteiger charge is -2.34. The lowest BCUT2D eigenvalue weighted by atomic mass is 9.70. The molecule has 36 heavy (non-hydrogen) atoms. The molecule has 4 nitrogen and oxygen atoms in total. The second-order valence-electron chi connectivity index (χ2n) is 10.3. The number of carbonyl (C=O) groups excluding carboxylic acids is 1. The van der Waals surface area contributed by atoms with E-state index in [0.29, 0.717) is 25.9 Å². The standard InChI is InChI=1S/C32H44O4/c1-7-31(34,8-2)19-18-25-14-15-26(20-23(25)5)32(9-3,10-4)27-16-17-29(24(6)21-27)35-22-28-12-11-13-30(33)36-28/h14-21,28,34H,7-13,22H2,1-6H3/t28-/m1/s1. The van der Waals surface area contributed by atoms with Gasteiger partial charge in [-0.1, -0.05) is 70.2 Å². The monoisotopic (exact) mass is 492 g/mol. The molecule has 2 aromatic carbocycles. The van der Waals surface area contributed by atoms with Crippen LogP contribution in [0.2, 0.25) is 0 Å². The van der Waals surface area contributed by atoms with Crippen molar-refractivity contribution in [3.05, 3.63) is 70.3 Å². The van der Waals surface area contributed by atoms with Gasteiger partial charge in [-0.05, 0) is 86.3 Å². The maximum atomic E-state index is 11.6. The van der Waals surface area contributed by atoms with Crippen LogP contribution >= 0.6 is 0 Å². The molecule has 1 atom stereocenters. The molecular weight excluding hydrogens is 448 g/mol. The molecular formula is C32H44O4. The third kappa shape index (κ3) is 6.21. The fourth-order valence-electron chi connectivity index (χ4n) is 5.31. The Bertz CT molecular complexity index is 1060. The Hall–Kier alpha value is -2.59. The summed E-state index contributed by atoms with van der Waals surface area (Å²) in [6, 6.07) is 13.2. The van der Waals surface area contributed by atoms with E-state index in [1.807, 2.05) is 19.9 Å².